The molecule has 0 unspecified atom stereocenters. The van der Waals surface area contributed by atoms with Crippen molar-refractivity contribution in [3.05, 3.63) is 22.8 Å². The van der Waals surface area contributed by atoms with Gasteiger partial charge in [0.2, 0.25) is 0 Å². The van der Waals surface area contributed by atoms with Gasteiger partial charge in [-0.3, -0.25) is 0 Å². The molecule has 20 heavy (non-hydrogen) atoms. The average molecular weight is 315 g/mol. The first-order valence-corrected chi connectivity index (χ1v) is 8.35. The Morgan fingerprint density at radius 3 is 2.75 bits per heavy atom. The summed E-state index contributed by atoms with van der Waals surface area (Å²) in [7, 11) is 0. The van der Waals surface area contributed by atoms with Crippen molar-refractivity contribution in [3.8, 4) is 0 Å². The first-order chi connectivity index (χ1) is 9.54. The lowest BCUT2D eigenvalue weighted by Gasteiger charge is -2.36. The molecule has 2 rings (SSSR count). The maximum Gasteiger partial charge on any atom is 0.335 e. The van der Waals surface area contributed by atoms with Crippen molar-refractivity contribution in [3.63, 3.8) is 0 Å². The molecule has 6 heteroatoms. The van der Waals surface area contributed by atoms with Gasteiger partial charge in [0.05, 0.1) is 5.56 Å². The zero-order valence-electron chi connectivity index (χ0n) is 11.5. The molecule has 0 amide bonds. The van der Waals surface area contributed by atoms with Crippen LogP contribution in [0.15, 0.2) is 12.1 Å². The van der Waals surface area contributed by atoms with Crippen molar-refractivity contribution in [1.82, 2.24) is 4.98 Å². The van der Waals surface area contributed by atoms with Crippen LogP contribution >= 0.6 is 23.4 Å². The lowest BCUT2D eigenvalue weighted by molar-refractivity contribution is 0.0697. The van der Waals surface area contributed by atoms with Crippen molar-refractivity contribution in [1.29, 1.82) is 0 Å². The number of nitrogens with zero attached hydrogens (tertiary/aromatic N) is 1. The van der Waals surface area contributed by atoms with Crippen molar-refractivity contribution < 1.29 is 9.90 Å². The number of aromatic carboxylic acids is 1. The minimum absolute atomic E-state index is 0.161. The van der Waals surface area contributed by atoms with E-state index in [1.165, 1.54) is 44.2 Å². The highest BCUT2D eigenvalue weighted by atomic mass is 35.5. The number of halogens is 1. The third-order valence-electron chi connectivity index (χ3n) is 3.83. The Hall–Kier alpha value is -0.940. The predicted molar refractivity (Wildman–Crippen MR) is 84.0 cm³/mol. The molecule has 0 atom stereocenters. The van der Waals surface area contributed by atoms with Crippen LogP contribution < -0.4 is 5.32 Å². The van der Waals surface area contributed by atoms with E-state index in [2.05, 4.69) is 16.6 Å². The van der Waals surface area contributed by atoms with Gasteiger partial charge in [-0.05, 0) is 31.2 Å². The Bertz CT molecular complexity index is 490. The molecule has 1 aliphatic carbocycles. The number of hydrogen-bond donors (Lipinski definition) is 2. The highest BCUT2D eigenvalue weighted by Crippen LogP contribution is 2.38. The minimum Gasteiger partial charge on any atom is -0.478 e. The molecule has 110 valence electrons. The van der Waals surface area contributed by atoms with Gasteiger partial charge in [-0.25, -0.2) is 9.78 Å². The van der Waals surface area contributed by atoms with Crippen molar-refractivity contribution in [2.45, 2.75) is 36.9 Å². The van der Waals surface area contributed by atoms with Crippen LogP contribution in [-0.2, 0) is 0 Å². The fourth-order valence-electron chi connectivity index (χ4n) is 2.61. The summed E-state index contributed by atoms with van der Waals surface area (Å²) < 4.78 is 0.228. The van der Waals surface area contributed by atoms with Gasteiger partial charge in [-0.1, -0.05) is 30.9 Å². The van der Waals surface area contributed by atoms with Crippen molar-refractivity contribution in [2.75, 3.05) is 18.1 Å². The van der Waals surface area contributed by atoms with Gasteiger partial charge in [0.25, 0.3) is 0 Å². The zero-order chi connectivity index (χ0) is 14.6. The van der Waals surface area contributed by atoms with Gasteiger partial charge in [-0.2, -0.15) is 11.8 Å². The number of anilines is 1. The molecule has 1 fully saturated rings. The van der Waals surface area contributed by atoms with Crippen LogP contribution in [0.5, 0.6) is 0 Å². The molecule has 1 saturated carbocycles. The molecular weight excluding hydrogens is 296 g/mol. The second-order valence-corrected chi connectivity index (χ2v) is 6.83. The number of thioether (sulfide) groups is 1. The van der Waals surface area contributed by atoms with Gasteiger partial charge < -0.3 is 10.4 Å². The third kappa shape index (κ3) is 3.79. The van der Waals surface area contributed by atoms with Crippen molar-refractivity contribution >= 4 is 35.1 Å². The topological polar surface area (TPSA) is 62.2 Å². The fraction of sp³-hybridized carbons (Fsp3) is 0.571. The number of hydrogen-bond acceptors (Lipinski definition) is 4. The maximum atomic E-state index is 11.0. The summed E-state index contributed by atoms with van der Waals surface area (Å²) in [5, 5.41) is 12.5. The fourth-order valence-corrected chi connectivity index (χ4v) is 3.73. The standard InChI is InChI=1S/C14H19ClN2O2S/c1-20-14(5-3-2-4-6-14)9-16-12-8-10(13(18)19)7-11(15)17-12/h7-8H,2-6,9H2,1H3,(H,16,17)(H,18,19). The van der Waals surface area contributed by atoms with E-state index in [-0.39, 0.29) is 15.5 Å². The molecule has 0 aliphatic heterocycles. The number of aromatic nitrogens is 1. The third-order valence-corrected chi connectivity index (χ3v) is 5.44. The number of pyridine rings is 1. The number of rotatable bonds is 5. The molecule has 1 heterocycles. The molecule has 0 saturated heterocycles. The number of carboxylic acid groups (broad SMARTS) is 1. The molecule has 1 aromatic rings. The van der Waals surface area contributed by atoms with Crippen LogP contribution in [0.4, 0.5) is 5.82 Å². The van der Waals surface area contributed by atoms with Crippen LogP contribution in [-0.4, -0.2) is 33.6 Å². The van der Waals surface area contributed by atoms with E-state index in [0.717, 1.165) is 6.54 Å². The highest BCUT2D eigenvalue weighted by Gasteiger charge is 2.31. The van der Waals surface area contributed by atoms with E-state index < -0.39 is 5.97 Å². The Morgan fingerprint density at radius 2 is 2.15 bits per heavy atom. The van der Waals surface area contributed by atoms with Crippen LogP contribution in [0.3, 0.4) is 0 Å². The van der Waals surface area contributed by atoms with E-state index in [4.69, 9.17) is 16.7 Å². The summed E-state index contributed by atoms with van der Waals surface area (Å²) in [5.74, 6) is -0.455. The van der Waals surface area contributed by atoms with Crippen LogP contribution in [0.2, 0.25) is 5.15 Å². The van der Waals surface area contributed by atoms with Gasteiger partial charge in [0.15, 0.2) is 0 Å². The molecule has 0 bridgehead atoms. The summed E-state index contributed by atoms with van der Waals surface area (Å²) in [4.78, 5) is 15.2. The Kier molecular flexibility index (Phi) is 5.16. The van der Waals surface area contributed by atoms with Crippen LogP contribution in [0.1, 0.15) is 42.5 Å². The monoisotopic (exact) mass is 314 g/mol. The van der Waals surface area contributed by atoms with Crippen LogP contribution in [0, 0.1) is 0 Å². The summed E-state index contributed by atoms with van der Waals surface area (Å²) in [6, 6.07) is 2.89. The van der Waals surface area contributed by atoms with E-state index in [1.807, 2.05) is 11.8 Å². The first-order valence-electron chi connectivity index (χ1n) is 6.75. The maximum absolute atomic E-state index is 11.0. The second-order valence-electron chi connectivity index (χ2n) is 5.17. The van der Waals surface area contributed by atoms with E-state index in [1.54, 1.807) is 0 Å². The van der Waals surface area contributed by atoms with Gasteiger partial charge >= 0.3 is 5.97 Å². The Labute approximate surface area is 128 Å². The molecule has 4 nitrogen and oxygen atoms in total. The molecule has 2 N–H and O–H groups in total. The summed E-state index contributed by atoms with van der Waals surface area (Å²) in [5.41, 5.74) is 0.161. The average Bonchev–Trinajstić information content (AvgIpc) is 2.45. The normalized spacial score (nSPS) is 17.7. The van der Waals surface area contributed by atoms with Gasteiger partial charge in [0.1, 0.15) is 11.0 Å². The molecule has 0 spiro atoms. The molecule has 0 aromatic carbocycles. The molecule has 1 aromatic heterocycles. The lowest BCUT2D eigenvalue weighted by Crippen LogP contribution is -2.35. The zero-order valence-corrected chi connectivity index (χ0v) is 13.1. The number of carbonyl (C=O) groups is 1. The molecule has 1 aliphatic rings. The first kappa shape index (κ1) is 15.4. The summed E-state index contributed by atoms with van der Waals surface area (Å²) in [6.07, 6.45) is 8.33. The Balaban J connectivity index is 2.07. The number of carboxylic acids is 1. The SMILES string of the molecule is CSC1(CNc2cc(C(=O)O)cc(Cl)n2)CCCCC1. The molecular formula is C14H19ClN2O2S. The number of nitrogens with one attached hydrogen (secondary N) is 1. The van der Waals surface area contributed by atoms with Crippen molar-refractivity contribution in [2.24, 2.45) is 0 Å². The predicted octanol–water partition coefficient (Wildman–Crippen LogP) is 3.91. The van der Waals surface area contributed by atoms with Crippen LogP contribution in [0.25, 0.3) is 0 Å². The smallest absolute Gasteiger partial charge is 0.335 e. The largest absolute Gasteiger partial charge is 0.478 e. The van der Waals surface area contributed by atoms with E-state index in [0.29, 0.717) is 5.82 Å². The van der Waals surface area contributed by atoms with Gasteiger partial charge in [-0.15, -0.1) is 0 Å². The minimum atomic E-state index is -0.991. The Morgan fingerprint density at radius 1 is 1.45 bits per heavy atom. The van der Waals surface area contributed by atoms with E-state index >= 15 is 0 Å². The molecule has 0 radical (unpaired) electrons. The summed E-state index contributed by atoms with van der Waals surface area (Å²) >= 11 is 7.75. The second kappa shape index (κ2) is 6.68. The quantitative estimate of drug-likeness (QED) is 0.807. The van der Waals surface area contributed by atoms with Gasteiger partial charge in [0, 0.05) is 11.3 Å². The lowest BCUT2D eigenvalue weighted by atomic mass is 9.88. The van der Waals surface area contributed by atoms with E-state index in [9.17, 15) is 4.79 Å². The highest BCUT2D eigenvalue weighted by molar-refractivity contribution is 8.00. The summed E-state index contributed by atoms with van der Waals surface area (Å²) in [6.45, 7) is 0.792.